The van der Waals surface area contributed by atoms with Crippen LogP contribution < -0.4 is 5.32 Å². The minimum absolute atomic E-state index is 0.0462. The van der Waals surface area contributed by atoms with Gasteiger partial charge in [0.05, 0.1) is 15.3 Å². The maximum Gasteiger partial charge on any atom is 0.220 e. The van der Waals surface area contributed by atoms with E-state index in [0.717, 1.165) is 25.7 Å². The first kappa shape index (κ1) is 16.5. The molecule has 0 radical (unpaired) electrons. The third-order valence-corrected chi connectivity index (χ3v) is 5.04. The highest BCUT2D eigenvalue weighted by Crippen LogP contribution is 2.24. The molecule has 2 rings (SSSR count). The number of amides is 1. The van der Waals surface area contributed by atoms with Gasteiger partial charge in [0.2, 0.25) is 5.91 Å². The van der Waals surface area contributed by atoms with E-state index in [1.165, 1.54) is 11.3 Å². The second-order valence-corrected chi connectivity index (χ2v) is 7.23. The van der Waals surface area contributed by atoms with Gasteiger partial charge in [-0.15, -0.1) is 11.3 Å². The van der Waals surface area contributed by atoms with Gasteiger partial charge in [0.15, 0.2) is 5.78 Å². The number of thiophene rings is 1. The van der Waals surface area contributed by atoms with Crippen LogP contribution in [0.4, 0.5) is 0 Å². The van der Waals surface area contributed by atoms with Gasteiger partial charge >= 0.3 is 0 Å². The van der Waals surface area contributed by atoms with Crippen LogP contribution >= 0.6 is 22.9 Å². The summed E-state index contributed by atoms with van der Waals surface area (Å²) in [6.45, 7) is 0.592. The van der Waals surface area contributed by atoms with Crippen molar-refractivity contribution in [3.63, 3.8) is 0 Å². The Morgan fingerprint density at radius 2 is 2.14 bits per heavy atom. The minimum atomic E-state index is -0.231. The van der Waals surface area contributed by atoms with E-state index in [2.05, 4.69) is 5.32 Å². The molecule has 1 aliphatic rings. The Hall–Kier alpha value is -0.910. The van der Waals surface area contributed by atoms with Crippen LogP contribution in [0, 0.1) is 5.92 Å². The first-order valence-corrected chi connectivity index (χ1v) is 8.47. The maximum atomic E-state index is 11.9. The number of nitrogens with one attached hydrogen (secondary N) is 1. The van der Waals surface area contributed by atoms with Crippen molar-refractivity contribution in [3.8, 4) is 0 Å². The number of aliphatic hydroxyl groups excluding tert-OH is 1. The van der Waals surface area contributed by atoms with Gasteiger partial charge in [-0.25, -0.2) is 0 Å². The van der Waals surface area contributed by atoms with Crippen LogP contribution in [0.2, 0.25) is 4.34 Å². The maximum absolute atomic E-state index is 11.9. The Morgan fingerprint density at radius 1 is 1.33 bits per heavy atom. The standard InChI is InChI=1S/C15H20ClNO3S/c16-14-6-5-13(21-14)12(19)4-7-15(20)17-9-10-2-1-3-11(18)8-10/h5-6,10-11,18H,1-4,7-9H2,(H,17,20). The third kappa shape index (κ3) is 5.41. The zero-order valence-corrected chi connectivity index (χ0v) is 13.4. The van der Waals surface area contributed by atoms with Crippen molar-refractivity contribution in [3.05, 3.63) is 21.3 Å². The average molecular weight is 330 g/mol. The summed E-state index contributed by atoms with van der Waals surface area (Å²) in [4.78, 5) is 24.2. The predicted molar refractivity (Wildman–Crippen MR) is 83.9 cm³/mol. The largest absolute Gasteiger partial charge is 0.393 e. The van der Waals surface area contributed by atoms with Gasteiger partial charge in [0.25, 0.3) is 0 Å². The fraction of sp³-hybridized carbons (Fsp3) is 0.600. The molecule has 2 unspecified atom stereocenters. The number of Topliss-reactive ketones (excluding diaryl/α,β-unsaturated/α-hetero) is 1. The number of carbonyl (C=O) groups excluding carboxylic acids is 2. The first-order valence-electron chi connectivity index (χ1n) is 7.28. The van der Waals surface area contributed by atoms with Gasteiger partial charge < -0.3 is 10.4 Å². The molecule has 0 bridgehead atoms. The summed E-state index contributed by atoms with van der Waals surface area (Å²) in [6, 6.07) is 3.38. The Balaban J connectivity index is 1.66. The van der Waals surface area contributed by atoms with Crippen LogP contribution in [0.15, 0.2) is 12.1 Å². The highest BCUT2D eigenvalue weighted by Gasteiger charge is 2.20. The van der Waals surface area contributed by atoms with Gasteiger partial charge in [-0.05, 0) is 37.3 Å². The third-order valence-electron chi connectivity index (χ3n) is 3.77. The van der Waals surface area contributed by atoms with Gasteiger partial charge in [-0.1, -0.05) is 18.0 Å². The summed E-state index contributed by atoms with van der Waals surface area (Å²) in [5.74, 6) is 0.200. The van der Waals surface area contributed by atoms with Crippen LogP contribution in [0.25, 0.3) is 0 Å². The van der Waals surface area contributed by atoms with Gasteiger partial charge in [-0.3, -0.25) is 9.59 Å². The van der Waals surface area contributed by atoms with Gasteiger partial charge in [-0.2, -0.15) is 0 Å². The molecule has 2 atom stereocenters. The molecule has 0 saturated heterocycles. The van der Waals surface area contributed by atoms with E-state index < -0.39 is 0 Å². The second-order valence-electron chi connectivity index (χ2n) is 5.52. The molecule has 1 aromatic heterocycles. The first-order chi connectivity index (χ1) is 10.0. The van der Waals surface area contributed by atoms with Crippen molar-refractivity contribution >= 4 is 34.6 Å². The Morgan fingerprint density at radius 3 is 2.81 bits per heavy atom. The predicted octanol–water partition coefficient (Wildman–Crippen LogP) is 3.03. The number of hydrogen-bond donors (Lipinski definition) is 2. The van der Waals surface area contributed by atoms with Crippen LogP contribution in [0.5, 0.6) is 0 Å². The number of halogens is 1. The smallest absolute Gasteiger partial charge is 0.220 e. The normalized spacial score (nSPS) is 22.0. The lowest BCUT2D eigenvalue weighted by Gasteiger charge is -2.25. The molecule has 1 amide bonds. The van der Waals surface area contributed by atoms with E-state index in [-0.39, 0.29) is 30.6 Å². The summed E-state index contributed by atoms with van der Waals surface area (Å²) in [7, 11) is 0. The Bertz CT molecular complexity index is 503. The van der Waals surface area contributed by atoms with Crippen LogP contribution in [-0.4, -0.2) is 29.4 Å². The summed E-state index contributed by atoms with van der Waals surface area (Å²) in [5, 5.41) is 12.4. The lowest BCUT2D eigenvalue weighted by Crippen LogP contribution is -2.33. The number of ketones is 1. The molecular weight excluding hydrogens is 310 g/mol. The van der Waals surface area contributed by atoms with E-state index in [9.17, 15) is 14.7 Å². The highest BCUT2D eigenvalue weighted by molar-refractivity contribution is 7.18. The molecule has 1 aromatic rings. The SMILES string of the molecule is O=C(CCC(=O)c1ccc(Cl)s1)NCC1CCCC(O)C1. The van der Waals surface area contributed by atoms with Crippen molar-refractivity contribution in [1.82, 2.24) is 5.32 Å². The molecule has 2 N–H and O–H groups in total. The molecule has 4 nitrogen and oxygen atoms in total. The summed E-state index contributed by atoms with van der Waals surface area (Å²) in [5.41, 5.74) is 0. The zero-order valence-electron chi connectivity index (χ0n) is 11.8. The minimum Gasteiger partial charge on any atom is -0.393 e. The molecule has 6 heteroatoms. The Kier molecular flexibility index (Phi) is 6.21. The van der Waals surface area contributed by atoms with Crippen LogP contribution in [0.1, 0.15) is 48.2 Å². The average Bonchev–Trinajstić information content (AvgIpc) is 2.89. The van der Waals surface area contributed by atoms with Crippen molar-refractivity contribution in [2.75, 3.05) is 6.54 Å². The molecule has 0 aliphatic heterocycles. The quantitative estimate of drug-likeness (QED) is 0.788. The van der Waals surface area contributed by atoms with E-state index in [0.29, 0.717) is 21.7 Å². The molecular formula is C15H20ClNO3S. The van der Waals surface area contributed by atoms with E-state index in [1.54, 1.807) is 12.1 Å². The van der Waals surface area contributed by atoms with Crippen LogP contribution in [0.3, 0.4) is 0 Å². The molecule has 0 aromatic carbocycles. The number of rotatable bonds is 6. The van der Waals surface area contributed by atoms with Crippen molar-refractivity contribution < 1.29 is 14.7 Å². The molecule has 21 heavy (non-hydrogen) atoms. The summed E-state index contributed by atoms with van der Waals surface area (Å²) < 4.78 is 0.582. The second kappa shape index (κ2) is 7.92. The highest BCUT2D eigenvalue weighted by atomic mass is 35.5. The van der Waals surface area contributed by atoms with Gasteiger partial charge in [0.1, 0.15) is 0 Å². The number of hydrogen-bond acceptors (Lipinski definition) is 4. The molecule has 116 valence electrons. The zero-order chi connectivity index (χ0) is 15.2. The van der Waals surface area contributed by atoms with E-state index >= 15 is 0 Å². The number of carbonyl (C=O) groups is 2. The number of aliphatic hydroxyl groups is 1. The molecule has 1 saturated carbocycles. The molecule has 0 spiro atoms. The van der Waals surface area contributed by atoms with Crippen molar-refractivity contribution in [2.24, 2.45) is 5.92 Å². The van der Waals surface area contributed by atoms with Crippen LogP contribution in [-0.2, 0) is 4.79 Å². The lowest BCUT2D eigenvalue weighted by molar-refractivity contribution is -0.121. The summed E-state index contributed by atoms with van der Waals surface area (Å²) in [6.07, 6.45) is 3.85. The van der Waals surface area contributed by atoms with E-state index in [1.807, 2.05) is 0 Å². The van der Waals surface area contributed by atoms with Crippen molar-refractivity contribution in [1.29, 1.82) is 0 Å². The fourth-order valence-corrected chi connectivity index (χ4v) is 3.62. The summed E-state index contributed by atoms with van der Waals surface area (Å²) >= 11 is 7.02. The van der Waals surface area contributed by atoms with Crippen molar-refractivity contribution in [2.45, 2.75) is 44.6 Å². The lowest BCUT2D eigenvalue weighted by atomic mass is 9.87. The van der Waals surface area contributed by atoms with E-state index in [4.69, 9.17) is 11.6 Å². The molecule has 1 heterocycles. The van der Waals surface area contributed by atoms with Gasteiger partial charge in [0, 0.05) is 19.4 Å². The molecule has 1 aliphatic carbocycles. The Labute approximate surface area is 133 Å². The molecule has 1 fully saturated rings. The fourth-order valence-electron chi connectivity index (χ4n) is 2.61. The topological polar surface area (TPSA) is 66.4 Å². The monoisotopic (exact) mass is 329 g/mol.